The number of likely N-dealkylation sites (N-methyl/N-ethyl adjacent to an activating group) is 1. The van der Waals surface area contributed by atoms with Gasteiger partial charge in [0.25, 0.3) is 0 Å². The van der Waals surface area contributed by atoms with Crippen molar-refractivity contribution in [3.8, 4) is 0 Å². The Hall–Kier alpha value is -1.02. The van der Waals surface area contributed by atoms with Crippen molar-refractivity contribution in [3.63, 3.8) is 0 Å². The fourth-order valence-electron chi connectivity index (χ4n) is 6.15. The van der Waals surface area contributed by atoms with Crippen molar-refractivity contribution in [1.29, 1.82) is 0 Å². The number of rotatable bonds is 39. The van der Waals surface area contributed by atoms with Crippen molar-refractivity contribution >= 4 is 13.7 Å². The summed E-state index contributed by atoms with van der Waals surface area (Å²) >= 11 is 0. The summed E-state index contributed by atoms with van der Waals surface area (Å²) in [7, 11) is 1.59. The van der Waals surface area contributed by atoms with Crippen LogP contribution in [0.2, 0.25) is 0 Å². The van der Waals surface area contributed by atoms with Gasteiger partial charge < -0.3 is 19.8 Å². The average Bonchev–Trinajstić information content (AvgIpc) is 3.09. The topological polar surface area (TPSA) is 105 Å². The van der Waals surface area contributed by atoms with Gasteiger partial charge in [-0.2, -0.15) is 0 Å². The highest BCUT2D eigenvalue weighted by atomic mass is 31.2. The minimum absolute atomic E-state index is 0.0684. The molecule has 308 valence electrons. The molecule has 0 aliphatic carbocycles. The zero-order valence-electron chi connectivity index (χ0n) is 34.8. The lowest BCUT2D eigenvalue weighted by Gasteiger charge is -2.26. The Morgan fingerprint density at radius 2 is 1.04 bits per heavy atom. The molecule has 0 saturated carbocycles. The molecule has 3 N–H and O–H groups in total. The number of quaternary nitrogens is 1. The first kappa shape index (κ1) is 51.0. The molecule has 52 heavy (non-hydrogen) atoms. The van der Waals surface area contributed by atoms with E-state index in [2.05, 4.69) is 43.5 Å². The maximum absolute atomic E-state index is 12.8. The molecule has 0 rings (SSSR count). The van der Waals surface area contributed by atoms with Gasteiger partial charge in [-0.3, -0.25) is 13.8 Å². The van der Waals surface area contributed by atoms with E-state index in [9.17, 15) is 19.4 Å². The quantitative estimate of drug-likeness (QED) is 0.0250. The zero-order valence-corrected chi connectivity index (χ0v) is 35.7. The van der Waals surface area contributed by atoms with Crippen LogP contribution in [0.15, 0.2) is 24.3 Å². The van der Waals surface area contributed by atoms with E-state index in [4.69, 9.17) is 9.05 Å². The lowest BCUT2D eigenvalue weighted by molar-refractivity contribution is -0.870. The van der Waals surface area contributed by atoms with Crippen molar-refractivity contribution in [2.45, 2.75) is 206 Å². The molecule has 8 nitrogen and oxygen atoms in total. The lowest BCUT2D eigenvalue weighted by atomic mass is 10.0. The van der Waals surface area contributed by atoms with E-state index in [0.717, 1.165) is 57.8 Å². The number of nitrogens with one attached hydrogen (secondary N) is 1. The number of aliphatic hydroxyl groups excluding tert-OH is 1. The number of unbranched alkanes of at least 4 members (excludes halogenated alkanes) is 22. The summed E-state index contributed by atoms with van der Waals surface area (Å²) in [4.78, 5) is 23.1. The van der Waals surface area contributed by atoms with Gasteiger partial charge in [0, 0.05) is 6.42 Å². The smallest absolute Gasteiger partial charge is 0.391 e. The Morgan fingerprint density at radius 1 is 0.635 bits per heavy atom. The Bertz CT molecular complexity index is 907. The van der Waals surface area contributed by atoms with E-state index >= 15 is 0 Å². The third-order valence-electron chi connectivity index (χ3n) is 9.67. The van der Waals surface area contributed by atoms with Crippen molar-refractivity contribution in [1.82, 2.24) is 5.32 Å². The zero-order chi connectivity index (χ0) is 38.6. The standard InChI is InChI=1S/C43H85N2O6P/c1-6-8-10-12-14-16-18-20-21-22-23-25-26-28-30-32-34-36-42(46)41(40-51-52(48,49)50-39-38-45(3,4)5)44-43(47)37-35-33-31-29-27-24-19-17-15-13-11-9-7-2/h17,19,26,28,41-42,46H,6-16,18,20-25,27,29-40H2,1-5H3,(H-,44,47,48,49)/p+1/b19-17+,28-26+/t41-,42+/m0/s1. The van der Waals surface area contributed by atoms with Crippen molar-refractivity contribution in [2.24, 2.45) is 0 Å². The summed E-state index contributed by atoms with van der Waals surface area (Å²) in [6.07, 6.45) is 40.6. The second-order valence-electron chi connectivity index (χ2n) is 16.1. The van der Waals surface area contributed by atoms with Crippen molar-refractivity contribution < 1.29 is 32.9 Å². The minimum Gasteiger partial charge on any atom is -0.391 e. The number of hydrogen-bond donors (Lipinski definition) is 3. The van der Waals surface area contributed by atoms with Gasteiger partial charge in [-0.15, -0.1) is 0 Å². The molecule has 0 fully saturated rings. The van der Waals surface area contributed by atoms with Gasteiger partial charge in [-0.25, -0.2) is 4.57 Å². The van der Waals surface area contributed by atoms with Crippen LogP contribution < -0.4 is 5.32 Å². The number of phosphoric acid groups is 1. The first-order valence-corrected chi connectivity index (χ1v) is 23.2. The van der Waals surface area contributed by atoms with E-state index in [0.29, 0.717) is 23.9 Å². The number of allylic oxidation sites excluding steroid dienone is 4. The summed E-state index contributed by atoms with van der Waals surface area (Å²) in [6, 6.07) is -0.777. The second-order valence-corrected chi connectivity index (χ2v) is 17.5. The Labute approximate surface area is 322 Å². The highest BCUT2D eigenvalue weighted by molar-refractivity contribution is 7.47. The van der Waals surface area contributed by atoms with Crippen LogP contribution in [0.1, 0.15) is 194 Å². The van der Waals surface area contributed by atoms with Crippen LogP contribution in [0.4, 0.5) is 0 Å². The summed E-state index contributed by atoms with van der Waals surface area (Å²) in [5, 5.41) is 13.9. The normalized spacial score (nSPS) is 14.7. The predicted octanol–water partition coefficient (Wildman–Crippen LogP) is 11.7. The molecule has 0 aliphatic heterocycles. The first-order chi connectivity index (χ1) is 25.0. The first-order valence-electron chi connectivity index (χ1n) is 21.7. The van der Waals surface area contributed by atoms with Gasteiger partial charge in [0.05, 0.1) is 39.9 Å². The Balaban J connectivity index is 4.43. The van der Waals surface area contributed by atoms with Gasteiger partial charge in [0.1, 0.15) is 13.2 Å². The van der Waals surface area contributed by atoms with Crippen LogP contribution in [0.3, 0.4) is 0 Å². The Kier molecular flexibility index (Phi) is 35.0. The van der Waals surface area contributed by atoms with Crippen LogP contribution >= 0.6 is 7.82 Å². The maximum Gasteiger partial charge on any atom is 0.472 e. The molecule has 1 amide bonds. The molecule has 0 aliphatic rings. The van der Waals surface area contributed by atoms with Crippen molar-refractivity contribution in [2.75, 3.05) is 40.9 Å². The number of amides is 1. The predicted molar refractivity (Wildman–Crippen MR) is 221 cm³/mol. The number of hydrogen-bond acceptors (Lipinski definition) is 5. The van der Waals surface area contributed by atoms with Crippen LogP contribution in [0.5, 0.6) is 0 Å². The molecule has 0 spiro atoms. The van der Waals surface area contributed by atoms with E-state index in [-0.39, 0.29) is 19.1 Å². The van der Waals surface area contributed by atoms with Gasteiger partial charge >= 0.3 is 7.82 Å². The SMILES string of the molecule is CCCCCC/C=C/CCCCCCCC(=O)N[C@@H](COP(=O)(O)OCC[N+](C)(C)C)[C@H](O)CCCC/C=C/CCCCCCCCCCCCC. The largest absolute Gasteiger partial charge is 0.472 e. The highest BCUT2D eigenvalue weighted by Gasteiger charge is 2.28. The summed E-state index contributed by atoms with van der Waals surface area (Å²) in [6.45, 7) is 4.84. The number of phosphoric ester groups is 1. The second kappa shape index (κ2) is 35.7. The van der Waals surface area contributed by atoms with E-state index in [1.807, 2.05) is 21.1 Å². The third kappa shape index (κ3) is 37.3. The monoisotopic (exact) mass is 758 g/mol. The Morgan fingerprint density at radius 3 is 1.50 bits per heavy atom. The minimum atomic E-state index is -4.32. The van der Waals surface area contributed by atoms with Gasteiger partial charge in [-0.05, 0) is 64.2 Å². The third-order valence-corrected chi connectivity index (χ3v) is 10.7. The lowest BCUT2D eigenvalue weighted by Crippen LogP contribution is -2.46. The average molecular weight is 758 g/mol. The molecule has 3 atom stereocenters. The van der Waals surface area contributed by atoms with Gasteiger partial charge in [0.2, 0.25) is 5.91 Å². The molecule has 9 heteroatoms. The summed E-state index contributed by atoms with van der Waals surface area (Å²) in [5.74, 6) is -0.164. The number of nitrogens with zero attached hydrogens (tertiary/aromatic N) is 1. The molecule has 0 aromatic carbocycles. The number of carbonyl (C=O) groups is 1. The van der Waals surface area contributed by atoms with E-state index < -0.39 is 20.0 Å². The molecule has 0 saturated heterocycles. The van der Waals surface area contributed by atoms with Gasteiger partial charge in [-0.1, -0.05) is 147 Å². The molecule has 0 heterocycles. The summed E-state index contributed by atoms with van der Waals surface area (Å²) in [5.41, 5.74) is 0. The molecule has 1 unspecified atom stereocenters. The maximum atomic E-state index is 12.8. The highest BCUT2D eigenvalue weighted by Crippen LogP contribution is 2.43. The molecule has 0 radical (unpaired) electrons. The number of aliphatic hydroxyl groups is 1. The fourth-order valence-corrected chi connectivity index (χ4v) is 6.89. The number of carbonyl (C=O) groups excluding carboxylic acids is 1. The molecular weight excluding hydrogens is 671 g/mol. The molecular formula is C43H86N2O6P+. The van der Waals surface area contributed by atoms with Crippen LogP contribution in [-0.2, 0) is 18.4 Å². The van der Waals surface area contributed by atoms with Crippen LogP contribution in [0.25, 0.3) is 0 Å². The molecule has 0 aromatic rings. The molecule has 0 aromatic heterocycles. The van der Waals surface area contributed by atoms with Crippen LogP contribution in [0, 0.1) is 0 Å². The molecule has 0 bridgehead atoms. The van der Waals surface area contributed by atoms with E-state index in [1.54, 1.807) is 0 Å². The fraction of sp³-hybridized carbons (Fsp3) is 0.884. The van der Waals surface area contributed by atoms with E-state index in [1.165, 1.54) is 109 Å². The van der Waals surface area contributed by atoms with Gasteiger partial charge in [0.15, 0.2) is 0 Å². The van der Waals surface area contributed by atoms with Crippen molar-refractivity contribution in [3.05, 3.63) is 24.3 Å². The van der Waals surface area contributed by atoms with Crippen LogP contribution in [-0.4, -0.2) is 73.4 Å². The summed E-state index contributed by atoms with van der Waals surface area (Å²) < 4.78 is 23.6.